The van der Waals surface area contributed by atoms with Gasteiger partial charge >= 0.3 is 6.18 Å². The van der Waals surface area contributed by atoms with Crippen LogP contribution in [0, 0.1) is 23.7 Å². The summed E-state index contributed by atoms with van der Waals surface area (Å²) < 4.78 is 68.3. The van der Waals surface area contributed by atoms with E-state index in [4.69, 9.17) is 0 Å². The number of aromatic amines is 1. The Kier molecular flexibility index (Phi) is 4.16. The van der Waals surface area contributed by atoms with E-state index in [1.165, 1.54) is 6.20 Å². The number of fused-ring (bicyclic) bond motifs is 1. The molecule has 4 rings (SSSR count). The summed E-state index contributed by atoms with van der Waals surface area (Å²) in [6, 6.07) is 5.28. The fourth-order valence-electron chi connectivity index (χ4n) is 3.36. The lowest BCUT2D eigenvalue weighted by Crippen LogP contribution is -2.29. The third kappa shape index (κ3) is 3.23. The average molecular weight is 423 g/mol. The number of nitriles is 1. The van der Waals surface area contributed by atoms with E-state index in [9.17, 15) is 26.9 Å². The minimum absolute atomic E-state index is 0.00604. The third-order valence-corrected chi connectivity index (χ3v) is 6.57. The van der Waals surface area contributed by atoms with Crippen LogP contribution in [-0.2, 0) is 16.6 Å². The standard InChI is InChI=1S/C18H16F3N5O2S/c1-11-2-3-14(16-15(11)12(6-22)7-23-16)25-29(27,28)13-8-24-26(9-13)10-17(4-5-17)18(19,20)21/h2-3,7-9,23,25H,4-5,10H2,1H3. The number of benzene rings is 1. The summed E-state index contributed by atoms with van der Waals surface area (Å²) >= 11 is 0. The second-order valence-corrected chi connectivity index (χ2v) is 8.93. The van der Waals surface area contributed by atoms with Crippen LogP contribution in [0.15, 0.2) is 35.6 Å². The Hall–Kier alpha value is -3.00. The quantitative estimate of drug-likeness (QED) is 0.653. The molecule has 0 amide bonds. The summed E-state index contributed by atoms with van der Waals surface area (Å²) in [7, 11) is -4.08. The van der Waals surface area contributed by atoms with E-state index in [0.29, 0.717) is 16.5 Å². The second kappa shape index (κ2) is 6.25. The van der Waals surface area contributed by atoms with E-state index in [2.05, 4.69) is 14.8 Å². The van der Waals surface area contributed by atoms with Crippen LogP contribution in [0.3, 0.4) is 0 Å². The minimum atomic E-state index is -4.35. The summed E-state index contributed by atoms with van der Waals surface area (Å²) in [5.74, 6) is 0. The van der Waals surface area contributed by atoms with Crippen LogP contribution in [0.4, 0.5) is 18.9 Å². The van der Waals surface area contributed by atoms with E-state index in [0.717, 1.165) is 22.6 Å². The van der Waals surface area contributed by atoms with Crippen molar-refractivity contribution in [2.45, 2.75) is 37.4 Å². The average Bonchev–Trinajstić information content (AvgIpc) is 3.09. The topological polar surface area (TPSA) is 104 Å². The Morgan fingerprint density at radius 2 is 2.10 bits per heavy atom. The SMILES string of the molecule is Cc1ccc(NS(=O)(=O)c2cnn(CC3(C(F)(F)F)CC3)c2)c2[nH]cc(C#N)c12. The summed E-state index contributed by atoms with van der Waals surface area (Å²) in [6.07, 6.45) is -0.738. The van der Waals surface area contributed by atoms with E-state index >= 15 is 0 Å². The number of H-pyrrole nitrogens is 1. The number of aromatic nitrogens is 3. The van der Waals surface area contributed by atoms with Crippen LogP contribution in [-0.4, -0.2) is 29.4 Å². The van der Waals surface area contributed by atoms with E-state index in [1.807, 2.05) is 6.07 Å². The first-order valence-electron chi connectivity index (χ1n) is 8.69. The lowest BCUT2D eigenvalue weighted by molar-refractivity contribution is -0.191. The summed E-state index contributed by atoms with van der Waals surface area (Å²) in [6.45, 7) is 1.39. The number of hydrogen-bond acceptors (Lipinski definition) is 4. The van der Waals surface area contributed by atoms with Gasteiger partial charge in [-0.2, -0.15) is 23.5 Å². The van der Waals surface area contributed by atoms with Gasteiger partial charge in [-0.3, -0.25) is 9.40 Å². The smallest absolute Gasteiger partial charge is 0.358 e. The minimum Gasteiger partial charge on any atom is -0.358 e. The molecule has 1 aromatic carbocycles. The van der Waals surface area contributed by atoms with Crippen LogP contribution in [0.25, 0.3) is 10.9 Å². The van der Waals surface area contributed by atoms with Crippen molar-refractivity contribution >= 4 is 26.6 Å². The van der Waals surface area contributed by atoms with Crippen molar-refractivity contribution in [1.82, 2.24) is 14.8 Å². The summed E-state index contributed by atoms with van der Waals surface area (Å²) in [4.78, 5) is 2.65. The first kappa shape index (κ1) is 19.3. The molecule has 0 aliphatic heterocycles. The first-order chi connectivity index (χ1) is 13.6. The van der Waals surface area contributed by atoms with Gasteiger partial charge in [-0.15, -0.1) is 0 Å². The molecule has 0 radical (unpaired) electrons. The molecule has 1 fully saturated rings. The number of aryl methyl sites for hydroxylation is 1. The second-order valence-electron chi connectivity index (χ2n) is 7.25. The van der Waals surface area contributed by atoms with Gasteiger partial charge in [0.2, 0.25) is 0 Å². The monoisotopic (exact) mass is 423 g/mol. The van der Waals surface area contributed by atoms with Crippen LogP contribution < -0.4 is 4.72 Å². The summed E-state index contributed by atoms with van der Waals surface area (Å²) in [5.41, 5.74) is 0.0400. The fourth-order valence-corrected chi connectivity index (χ4v) is 4.38. The zero-order valence-corrected chi connectivity index (χ0v) is 16.0. The van der Waals surface area contributed by atoms with Crippen molar-refractivity contribution in [3.63, 3.8) is 0 Å². The molecule has 7 nitrogen and oxygen atoms in total. The molecule has 152 valence electrons. The highest BCUT2D eigenvalue weighted by Gasteiger charge is 2.63. The number of nitrogens with zero attached hydrogens (tertiary/aromatic N) is 3. The Labute approximate surface area is 164 Å². The van der Waals surface area contributed by atoms with Crippen LogP contribution >= 0.6 is 0 Å². The molecule has 0 bridgehead atoms. The largest absolute Gasteiger partial charge is 0.396 e. The van der Waals surface area contributed by atoms with Gasteiger partial charge in [-0.1, -0.05) is 6.07 Å². The molecule has 1 aliphatic carbocycles. The van der Waals surface area contributed by atoms with Crippen molar-refractivity contribution in [3.8, 4) is 6.07 Å². The Morgan fingerprint density at radius 1 is 1.38 bits per heavy atom. The van der Waals surface area contributed by atoms with Crippen molar-refractivity contribution in [2.75, 3.05) is 4.72 Å². The molecule has 11 heteroatoms. The molecule has 0 atom stereocenters. The van der Waals surface area contributed by atoms with Gasteiger partial charge in [-0.25, -0.2) is 8.42 Å². The third-order valence-electron chi connectivity index (χ3n) is 5.25. The Bertz CT molecular complexity index is 1250. The fraction of sp³-hybridized carbons (Fsp3) is 0.333. The van der Waals surface area contributed by atoms with Gasteiger partial charge in [0.15, 0.2) is 0 Å². The van der Waals surface area contributed by atoms with Crippen LogP contribution in [0.1, 0.15) is 24.0 Å². The molecule has 0 spiro atoms. The maximum Gasteiger partial charge on any atom is 0.396 e. The molecule has 2 heterocycles. The first-order valence-corrected chi connectivity index (χ1v) is 10.2. The Balaban J connectivity index is 1.62. The van der Waals surface area contributed by atoms with Gasteiger partial charge in [0.25, 0.3) is 10.0 Å². The number of halogens is 3. The molecule has 1 saturated carbocycles. The van der Waals surface area contributed by atoms with E-state index in [1.54, 1.807) is 19.1 Å². The number of rotatable bonds is 5. The highest BCUT2D eigenvalue weighted by atomic mass is 32.2. The molecular formula is C18H16F3N5O2S. The number of alkyl halides is 3. The lowest BCUT2D eigenvalue weighted by Gasteiger charge is -2.18. The van der Waals surface area contributed by atoms with Crippen LogP contribution in [0.5, 0.6) is 0 Å². The molecule has 29 heavy (non-hydrogen) atoms. The zero-order valence-electron chi connectivity index (χ0n) is 15.2. The van der Waals surface area contributed by atoms with E-state index in [-0.39, 0.29) is 23.4 Å². The lowest BCUT2D eigenvalue weighted by atomic mass is 10.1. The molecule has 1 aliphatic rings. The predicted molar refractivity (Wildman–Crippen MR) is 98.5 cm³/mol. The zero-order chi connectivity index (χ0) is 21.0. The molecule has 0 unspecified atom stereocenters. The molecule has 0 saturated heterocycles. The highest BCUT2D eigenvalue weighted by Crippen LogP contribution is 2.58. The molecular weight excluding hydrogens is 407 g/mol. The number of sulfonamides is 1. The van der Waals surface area contributed by atoms with Gasteiger partial charge < -0.3 is 4.98 Å². The van der Waals surface area contributed by atoms with Crippen LogP contribution in [0.2, 0.25) is 0 Å². The van der Waals surface area contributed by atoms with Crippen molar-refractivity contribution < 1.29 is 21.6 Å². The number of hydrogen-bond donors (Lipinski definition) is 2. The predicted octanol–water partition coefficient (Wildman–Crippen LogP) is 3.69. The van der Waals surface area contributed by atoms with Gasteiger partial charge in [0, 0.05) is 17.8 Å². The van der Waals surface area contributed by atoms with Gasteiger partial charge in [0.05, 0.1) is 34.9 Å². The number of nitrogens with one attached hydrogen (secondary N) is 2. The van der Waals surface area contributed by atoms with E-state index < -0.39 is 28.2 Å². The maximum absolute atomic E-state index is 13.1. The molecule has 2 N–H and O–H groups in total. The highest BCUT2D eigenvalue weighted by molar-refractivity contribution is 7.92. The van der Waals surface area contributed by atoms with Crippen molar-refractivity contribution in [3.05, 3.63) is 41.9 Å². The molecule has 2 aromatic heterocycles. The normalized spacial score (nSPS) is 16.0. The summed E-state index contributed by atoms with van der Waals surface area (Å²) in [5, 5.41) is 13.6. The number of anilines is 1. The van der Waals surface area contributed by atoms with Crippen molar-refractivity contribution in [1.29, 1.82) is 5.26 Å². The molecule has 3 aromatic rings. The Morgan fingerprint density at radius 3 is 2.72 bits per heavy atom. The van der Waals surface area contributed by atoms with Crippen molar-refractivity contribution in [2.24, 2.45) is 5.41 Å². The van der Waals surface area contributed by atoms with Gasteiger partial charge in [-0.05, 0) is 31.4 Å². The van der Waals surface area contributed by atoms with Gasteiger partial charge in [0.1, 0.15) is 11.0 Å². The maximum atomic E-state index is 13.1.